The number of carbonyl (C=O) groups is 2. The Morgan fingerprint density at radius 2 is 1.55 bits per heavy atom. The summed E-state index contributed by atoms with van der Waals surface area (Å²) in [5.41, 5.74) is 9.60. The van der Waals surface area contributed by atoms with Gasteiger partial charge in [-0.15, -0.1) is 0 Å². The average molecular weight is 603 g/mol. The molecule has 0 saturated carbocycles. The Bertz CT molecular complexity index is 1510. The molecule has 0 saturated heterocycles. The minimum atomic E-state index is -5.08. The van der Waals surface area contributed by atoms with E-state index < -0.39 is 30.3 Å². The van der Waals surface area contributed by atoms with Crippen molar-refractivity contribution < 1.29 is 50.9 Å². The second kappa shape index (κ2) is 14.1. The number of nitrogens with one attached hydrogen (secondary N) is 2. The van der Waals surface area contributed by atoms with E-state index in [1.165, 1.54) is 0 Å². The first kappa shape index (κ1) is 33.3. The molecule has 1 atom stereocenters. The van der Waals surface area contributed by atoms with Gasteiger partial charge in [0.1, 0.15) is 11.6 Å². The number of rotatable bonds is 6. The zero-order chi connectivity index (χ0) is 31.7. The summed E-state index contributed by atoms with van der Waals surface area (Å²) in [5.74, 6) is -4.21. The quantitative estimate of drug-likeness (QED) is 0.201. The molecule has 0 radical (unpaired) electrons. The summed E-state index contributed by atoms with van der Waals surface area (Å²) in [5, 5.41) is 21.5. The molecule has 0 spiro atoms. The number of fused-ring (bicyclic) bond motifs is 1. The molecule has 2 heterocycles. The van der Waals surface area contributed by atoms with Crippen molar-refractivity contribution in [3.05, 3.63) is 76.6 Å². The number of aromatic amines is 2. The summed E-state index contributed by atoms with van der Waals surface area (Å²) in [7, 11) is 0. The van der Waals surface area contributed by atoms with Gasteiger partial charge in [0.15, 0.2) is 0 Å². The lowest BCUT2D eigenvalue weighted by Crippen LogP contribution is -2.21. The highest BCUT2D eigenvalue weighted by Gasteiger charge is 2.38. The van der Waals surface area contributed by atoms with E-state index >= 15 is 0 Å². The number of aliphatic carboxylic acids is 2. The van der Waals surface area contributed by atoms with E-state index in [0.29, 0.717) is 29.8 Å². The van der Waals surface area contributed by atoms with E-state index in [2.05, 4.69) is 20.2 Å². The van der Waals surface area contributed by atoms with E-state index in [4.69, 9.17) is 30.3 Å². The smallest absolute Gasteiger partial charge is 0.490 e. The van der Waals surface area contributed by atoms with Gasteiger partial charge in [-0.1, -0.05) is 18.2 Å². The number of benzene rings is 2. The number of nitrogens with two attached hydrogens (primary N) is 1. The van der Waals surface area contributed by atoms with Gasteiger partial charge in [-0.2, -0.15) is 31.4 Å². The lowest BCUT2D eigenvalue weighted by atomic mass is 10.0. The maximum absolute atomic E-state index is 12.6. The lowest BCUT2D eigenvalue weighted by Gasteiger charge is -2.12. The van der Waals surface area contributed by atoms with Crippen LogP contribution in [0.1, 0.15) is 24.4 Å². The van der Waals surface area contributed by atoms with Gasteiger partial charge in [0.2, 0.25) is 0 Å². The molecule has 42 heavy (non-hydrogen) atoms. The summed E-state index contributed by atoms with van der Waals surface area (Å²) < 4.78 is 68.9. The zero-order valence-corrected chi connectivity index (χ0v) is 21.5. The third-order valence-corrected chi connectivity index (χ3v) is 5.08. The van der Waals surface area contributed by atoms with Gasteiger partial charge in [-0.25, -0.2) is 14.6 Å². The van der Waals surface area contributed by atoms with Crippen LogP contribution in [0.5, 0.6) is 5.75 Å². The molecule has 0 unspecified atom stereocenters. The molecule has 2 aromatic heterocycles. The molecule has 17 heteroatoms. The summed E-state index contributed by atoms with van der Waals surface area (Å²) in [4.78, 5) is 37.8. The van der Waals surface area contributed by atoms with Crippen LogP contribution in [0.2, 0.25) is 0 Å². The van der Waals surface area contributed by atoms with E-state index in [-0.39, 0.29) is 5.56 Å². The Morgan fingerprint density at radius 3 is 2.02 bits per heavy atom. The van der Waals surface area contributed by atoms with Crippen molar-refractivity contribution in [2.24, 2.45) is 5.73 Å². The Kier molecular flexibility index (Phi) is 11.2. The van der Waals surface area contributed by atoms with Crippen LogP contribution in [-0.4, -0.2) is 61.3 Å². The summed E-state index contributed by atoms with van der Waals surface area (Å²) in [6, 6.07) is 12.9. The fourth-order valence-electron chi connectivity index (χ4n) is 3.16. The van der Waals surface area contributed by atoms with Crippen molar-refractivity contribution in [1.29, 1.82) is 0 Å². The molecule has 2 aromatic carbocycles. The molecule has 0 aliphatic carbocycles. The third kappa shape index (κ3) is 9.92. The van der Waals surface area contributed by atoms with Gasteiger partial charge in [0, 0.05) is 11.8 Å². The van der Waals surface area contributed by atoms with Gasteiger partial charge >= 0.3 is 24.3 Å². The first-order valence-corrected chi connectivity index (χ1v) is 11.6. The van der Waals surface area contributed by atoms with Crippen molar-refractivity contribution in [2.75, 3.05) is 6.61 Å². The fraction of sp³-hybridized carbons (Fsp3) is 0.240. The van der Waals surface area contributed by atoms with Crippen LogP contribution in [0.4, 0.5) is 26.3 Å². The largest absolute Gasteiger partial charge is 0.494 e. The van der Waals surface area contributed by atoms with Crippen LogP contribution in [0.15, 0.2) is 59.7 Å². The minimum Gasteiger partial charge on any atom is -0.494 e. The van der Waals surface area contributed by atoms with Crippen LogP contribution < -0.4 is 16.0 Å². The number of carboxylic acids is 2. The van der Waals surface area contributed by atoms with Gasteiger partial charge < -0.3 is 25.7 Å². The second-order valence-electron chi connectivity index (χ2n) is 8.16. The Hall–Kier alpha value is -4.93. The highest BCUT2D eigenvalue weighted by molar-refractivity contribution is 5.83. The van der Waals surface area contributed by atoms with E-state index in [1.807, 2.05) is 49.4 Å². The normalized spacial score (nSPS) is 11.9. The first-order chi connectivity index (χ1) is 19.5. The molecular weight excluding hydrogens is 580 g/mol. The fourth-order valence-corrected chi connectivity index (χ4v) is 3.16. The van der Waals surface area contributed by atoms with Crippen LogP contribution in [0, 0.1) is 0 Å². The summed E-state index contributed by atoms with van der Waals surface area (Å²) in [6.45, 7) is 2.58. The summed E-state index contributed by atoms with van der Waals surface area (Å²) >= 11 is 0. The number of H-pyrrole nitrogens is 2. The predicted octanol–water partition coefficient (Wildman–Crippen LogP) is 4.22. The lowest BCUT2D eigenvalue weighted by molar-refractivity contribution is -0.193. The molecule has 11 nitrogen and oxygen atoms in total. The number of hydrogen-bond acceptors (Lipinski definition) is 7. The van der Waals surface area contributed by atoms with Crippen LogP contribution in [0.25, 0.3) is 22.0 Å². The predicted molar refractivity (Wildman–Crippen MR) is 136 cm³/mol. The molecule has 0 aliphatic rings. The van der Waals surface area contributed by atoms with Crippen molar-refractivity contribution in [3.8, 4) is 16.9 Å². The Labute approximate surface area is 232 Å². The highest BCUT2D eigenvalue weighted by atomic mass is 19.4. The number of halogens is 6. The Morgan fingerprint density at radius 1 is 0.976 bits per heavy atom. The average Bonchev–Trinajstić information content (AvgIpc) is 3.44. The van der Waals surface area contributed by atoms with E-state index in [9.17, 15) is 31.1 Å². The van der Waals surface area contributed by atoms with E-state index in [1.54, 1.807) is 12.4 Å². The number of carboxylic acid groups (broad SMARTS) is 2. The highest BCUT2D eigenvalue weighted by Crippen LogP contribution is 2.22. The topological polar surface area (TPSA) is 184 Å². The SMILES string of the molecule is CCOc1ccc(C[C@@H](N)c2nc3ccc(-c4cn[nH]c4)cc3c(=O)[nH]2)cc1.O=C(O)C(F)(F)F.O=C(O)C(F)(F)F. The van der Waals surface area contributed by atoms with Gasteiger partial charge in [0.25, 0.3) is 5.56 Å². The first-order valence-electron chi connectivity index (χ1n) is 11.6. The Balaban J connectivity index is 0.000000367. The van der Waals surface area contributed by atoms with Gasteiger partial charge in [-0.05, 0) is 48.7 Å². The number of ether oxygens (including phenoxy) is 1. The number of hydrogen-bond donors (Lipinski definition) is 5. The van der Waals surface area contributed by atoms with Gasteiger partial charge in [-0.3, -0.25) is 9.89 Å². The molecule has 4 rings (SSSR count). The second-order valence-corrected chi connectivity index (χ2v) is 8.16. The molecular formula is C25H23F6N5O6. The monoisotopic (exact) mass is 603 g/mol. The van der Waals surface area contributed by atoms with Crippen LogP contribution >= 0.6 is 0 Å². The molecule has 4 aromatic rings. The summed E-state index contributed by atoms with van der Waals surface area (Å²) in [6.07, 6.45) is -6.11. The number of aromatic nitrogens is 4. The van der Waals surface area contributed by atoms with Crippen molar-refractivity contribution >= 4 is 22.8 Å². The number of alkyl halides is 6. The maximum Gasteiger partial charge on any atom is 0.490 e. The molecule has 0 amide bonds. The third-order valence-electron chi connectivity index (χ3n) is 5.08. The molecule has 0 bridgehead atoms. The number of nitrogens with zero attached hydrogens (tertiary/aromatic N) is 2. The van der Waals surface area contributed by atoms with E-state index in [0.717, 1.165) is 22.4 Å². The molecule has 0 fully saturated rings. The van der Waals surface area contributed by atoms with Crippen LogP contribution in [0.3, 0.4) is 0 Å². The standard InChI is InChI=1S/C21H21N5O2.2C2HF3O2/c1-2-28-16-6-3-13(4-7-16)9-18(22)20-25-19-8-5-14(15-11-23-24-12-15)10-17(19)21(27)26-20;2*3-2(4,5)1(6)7/h3-8,10-12,18H,2,9,22H2,1H3,(H,23,24)(H,25,26,27);2*(H,6,7)/t18-;;/m1../s1. The van der Waals surface area contributed by atoms with Crippen molar-refractivity contribution in [1.82, 2.24) is 20.2 Å². The van der Waals surface area contributed by atoms with Crippen molar-refractivity contribution in [3.63, 3.8) is 0 Å². The maximum atomic E-state index is 12.6. The molecule has 0 aliphatic heterocycles. The zero-order valence-electron chi connectivity index (χ0n) is 21.5. The molecule has 6 N–H and O–H groups in total. The van der Waals surface area contributed by atoms with Gasteiger partial charge in [0.05, 0.1) is 29.7 Å². The molecule has 226 valence electrons. The minimum absolute atomic E-state index is 0.201. The van der Waals surface area contributed by atoms with Crippen molar-refractivity contribution in [2.45, 2.75) is 31.7 Å². The van der Waals surface area contributed by atoms with Crippen LogP contribution in [-0.2, 0) is 16.0 Å².